The van der Waals surface area contributed by atoms with E-state index in [0.717, 1.165) is 11.3 Å². The second kappa shape index (κ2) is 10.5. The maximum absolute atomic E-state index is 12.8. The number of carbonyl (C=O) groups is 1. The molecule has 8 nitrogen and oxygen atoms in total. The zero-order chi connectivity index (χ0) is 23.9. The van der Waals surface area contributed by atoms with Crippen molar-refractivity contribution >= 4 is 11.6 Å². The first kappa shape index (κ1) is 22.8. The fraction of sp³-hybridized carbons (Fsp3) is 0.192. The van der Waals surface area contributed by atoms with Crippen LogP contribution in [0.25, 0.3) is 11.3 Å². The lowest BCUT2D eigenvalue weighted by molar-refractivity contribution is 0.102. The van der Waals surface area contributed by atoms with Crippen LogP contribution in [0.5, 0.6) is 23.0 Å². The molecule has 8 heteroatoms. The van der Waals surface area contributed by atoms with E-state index in [0.29, 0.717) is 47.5 Å². The molecule has 1 amide bonds. The van der Waals surface area contributed by atoms with E-state index in [-0.39, 0.29) is 5.91 Å². The molecule has 2 heterocycles. The van der Waals surface area contributed by atoms with Gasteiger partial charge in [-0.05, 0) is 56.3 Å². The summed E-state index contributed by atoms with van der Waals surface area (Å²) in [5.74, 6) is 2.21. The van der Waals surface area contributed by atoms with Crippen LogP contribution in [-0.4, -0.2) is 33.9 Å². The van der Waals surface area contributed by atoms with Crippen LogP contribution in [0.3, 0.4) is 0 Å². The van der Waals surface area contributed by atoms with Gasteiger partial charge in [0.15, 0.2) is 0 Å². The number of amides is 1. The van der Waals surface area contributed by atoms with Crippen LogP contribution in [-0.2, 0) is 7.05 Å². The van der Waals surface area contributed by atoms with E-state index in [2.05, 4.69) is 15.4 Å². The molecule has 4 aromatic rings. The van der Waals surface area contributed by atoms with Crippen LogP contribution in [0.2, 0.25) is 0 Å². The van der Waals surface area contributed by atoms with Crippen molar-refractivity contribution in [2.75, 3.05) is 18.5 Å². The molecule has 0 spiro atoms. The Morgan fingerprint density at radius 2 is 1.62 bits per heavy atom. The first-order chi connectivity index (χ1) is 16.5. The number of carbonyl (C=O) groups excluding carboxylic acids is 1. The molecule has 174 valence electrons. The molecule has 0 unspecified atom stereocenters. The third kappa shape index (κ3) is 5.72. The Morgan fingerprint density at radius 1 is 0.912 bits per heavy atom. The lowest BCUT2D eigenvalue weighted by Gasteiger charge is -2.12. The molecule has 0 aliphatic carbocycles. The van der Waals surface area contributed by atoms with Crippen LogP contribution >= 0.6 is 0 Å². The van der Waals surface area contributed by atoms with Crippen molar-refractivity contribution < 1.29 is 19.0 Å². The van der Waals surface area contributed by atoms with Crippen molar-refractivity contribution in [3.63, 3.8) is 0 Å². The fourth-order valence-electron chi connectivity index (χ4n) is 3.33. The number of aryl methyl sites for hydroxylation is 1. The summed E-state index contributed by atoms with van der Waals surface area (Å²) >= 11 is 0. The number of nitrogens with zero attached hydrogens (tertiary/aromatic N) is 3. The van der Waals surface area contributed by atoms with Crippen molar-refractivity contribution in [2.24, 2.45) is 7.05 Å². The predicted octanol–water partition coefficient (Wildman–Crippen LogP) is 5.32. The number of nitrogens with one attached hydrogen (secondary N) is 1. The summed E-state index contributed by atoms with van der Waals surface area (Å²) in [5, 5.41) is 7.07. The summed E-state index contributed by atoms with van der Waals surface area (Å²) in [6, 6.07) is 16.0. The van der Waals surface area contributed by atoms with Gasteiger partial charge in [0.25, 0.3) is 5.91 Å². The topological polar surface area (TPSA) is 87.5 Å². The van der Waals surface area contributed by atoms with Gasteiger partial charge in [0.05, 0.1) is 25.1 Å². The molecule has 0 aliphatic rings. The van der Waals surface area contributed by atoms with E-state index >= 15 is 0 Å². The number of rotatable bonds is 9. The van der Waals surface area contributed by atoms with Crippen LogP contribution in [0, 0.1) is 0 Å². The minimum atomic E-state index is -0.258. The van der Waals surface area contributed by atoms with Gasteiger partial charge in [-0.3, -0.25) is 14.5 Å². The number of ether oxygens (including phenoxy) is 3. The van der Waals surface area contributed by atoms with Gasteiger partial charge in [0, 0.05) is 48.4 Å². The first-order valence-corrected chi connectivity index (χ1v) is 11.0. The number of hydrogen-bond donors (Lipinski definition) is 1. The predicted molar refractivity (Wildman–Crippen MR) is 130 cm³/mol. The molecule has 0 saturated carbocycles. The molecule has 0 aliphatic heterocycles. The molecule has 1 N–H and O–H groups in total. The Kier molecular flexibility index (Phi) is 7.07. The van der Waals surface area contributed by atoms with Gasteiger partial charge in [-0.25, -0.2) is 0 Å². The average Bonchev–Trinajstić information content (AvgIpc) is 3.27. The van der Waals surface area contributed by atoms with Crippen LogP contribution in [0.4, 0.5) is 5.69 Å². The summed E-state index contributed by atoms with van der Waals surface area (Å²) in [5.41, 5.74) is 2.78. The summed E-state index contributed by atoms with van der Waals surface area (Å²) in [6.45, 7) is 4.78. The third-order valence-corrected chi connectivity index (χ3v) is 4.84. The fourth-order valence-corrected chi connectivity index (χ4v) is 3.33. The van der Waals surface area contributed by atoms with E-state index in [1.165, 1.54) is 0 Å². The minimum absolute atomic E-state index is 0.258. The molecule has 0 bridgehead atoms. The van der Waals surface area contributed by atoms with Gasteiger partial charge in [0.1, 0.15) is 23.0 Å². The number of aromatic nitrogens is 3. The van der Waals surface area contributed by atoms with E-state index in [1.54, 1.807) is 65.6 Å². The van der Waals surface area contributed by atoms with Gasteiger partial charge in [-0.2, -0.15) is 5.10 Å². The highest BCUT2D eigenvalue weighted by Gasteiger charge is 2.11. The monoisotopic (exact) mass is 458 g/mol. The number of benzene rings is 2. The molecular formula is C26H26N4O4. The van der Waals surface area contributed by atoms with E-state index in [4.69, 9.17) is 14.2 Å². The Hall–Kier alpha value is -4.33. The highest BCUT2D eigenvalue weighted by atomic mass is 16.5. The average molecular weight is 459 g/mol. The molecule has 34 heavy (non-hydrogen) atoms. The largest absolute Gasteiger partial charge is 0.494 e. The Balaban J connectivity index is 1.44. The lowest BCUT2D eigenvalue weighted by Crippen LogP contribution is -2.12. The summed E-state index contributed by atoms with van der Waals surface area (Å²) in [4.78, 5) is 17.2. The van der Waals surface area contributed by atoms with Gasteiger partial charge >= 0.3 is 0 Å². The lowest BCUT2D eigenvalue weighted by atomic mass is 10.1. The maximum Gasteiger partial charge on any atom is 0.255 e. The third-order valence-electron chi connectivity index (χ3n) is 4.84. The zero-order valence-electron chi connectivity index (χ0n) is 19.3. The highest BCUT2D eigenvalue weighted by molar-refractivity contribution is 6.04. The molecule has 0 fully saturated rings. The van der Waals surface area contributed by atoms with Crippen molar-refractivity contribution in [3.8, 4) is 34.3 Å². The smallest absolute Gasteiger partial charge is 0.255 e. The molecule has 2 aromatic heterocycles. The molecule has 2 aromatic carbocycles. The van der Waals surface area contributed by atoms with Crippen molar-refractivity contribution in [2.45, 2.75) is 13.8 Å². The van der Waals surface area contributed by atoms with Crippen LogP contribution in [0.1, 0.15) is 24.2 Å². The number of pyridine rings is 1. The van der Waals surface area contributed by atoms with Gasteiger partial charge in [-0.15, -0.1) is 0 Å². The van der Waals surface area contributed by atoms with Crippen LogP contribution < -0.4 is 19.5 Å². The normalized spacial score (nSPS) is 10.6. The van der Waals surface area contributed by atoms with Crippen molar-refractivity contribution in [3.05, 3.63) is 78.8 Å². The van der Waals surface area contributed by atoms with E-state index < -0.39 is 0 Å². The second-order valence-corrected chi connectivity index (χ2v) is 7.42. The first-order valence-electron chi connectivity index (χ1n) is 11.0. The van der Waals surface area contributed by atoms with Crippen molar-refractivity contribution in [1.29, 1.82) is 0 Å². The SMILES string of the molecule is CCOc1cc(OCC)cc(C(=O)Nc2ccc(Oc3ccnc(-c4cnn(C)c4)c3)cc2)c1. The molecule has 0 saturated heterocycles. The van der Waals surface area contributed by atoms with Crippen molar-refractivity contribution in [1.82, 2.24) is 14.8 Å². The summed E-state index contributed by atoms with van der Waals surface area (Å²) in [6.07, 6.45) is 5.34. The number of hydrogen-bond acceptors (Lipinski definition) is 6. The van der Waals surface area contributed by atoms with Crippen LogP contribution in [0.15, 0.2) is 73.2 Å². The quantitative estimate of drug-likeness (QED) is 0.365. The highest BCUT2D eigenvalue weighted by Crippen LogP contribution is 2.27. The van der Waals surface area contributed by atoms with E-state index in [1.807, 2.05) is 33.2 Å². The summed E-state index contributed by atoms with van der Waals surface area (Å²) < 4.78 is 18.8. The minimum Gasteiger partial charge on any atom is -0.494 e. The molecule has 0 atom stereocenters. The van der Waals surface area contributed by atoms with Gasteiger partial charge < -0.3 is 19.5 Å². The van der Waals surface area contributed by atoms with Gasteiger partial charge in [0.2, 0.25) is 0 Å². The Labute approximate surface area is 198 Å². The maximum atomic E-state index is 12.8. The second-order valence-electron chi connectivity index (χ2n) is 7.42. The van der Waals surface area contributed by atoms with E-state index in [9.17, 15) is 4.79 Å². The number of anilines is 1. The standard InChI is InChI=1S/C26H26N4O4/c1-4-32-23-12-18(13-24(14-23)33-5-2)26(31)29-20-6-8-21(9-7-20)34-22-10-11-27-25(15-22)19-16-28-30(3)17-19/h6-17H,4-5H2,1-3H3,(H,29,31). The summed E-state index contributed by atoms with van der Waals surface area (Å²) in [7, 11) is 1.86. The molecule has 0 radical (unpaired) electrons. The Bertz CT molecular complexity index is 1240. The Morgan fingerprint density at radius 3 is 2.24 bits per heavy atom. The van der Waals surface area contributed by atoms with Gasteiger partial charge in [-0.1, -0.05) is 0 Å². The molecular weight excluding hydrogens is 432 g/mol. The zero-order valence-corrected chi connectivity index (χ0v) is 19.3. The molecule has 4 rings (SSSR count).